The lowest BCUT2D eigenvalue weighted by Crippen LogP contribution is -2.44. The van der Waals surface area contributed by atoms with Crippen LogP contribution in [0.4, 0.5) is 26.3 Å². The predicted octanol–water partition coefficient (Wildman–Crippen LogP) is 4.13. The summed E-state index contributed by atoms with van der Waals surface area (Å²) in [5.74, 6) is -0.415. The normalized spacial score (nSPS) is 18.5. The molecule has 0 spiro atoms. The minimum atomic E-state index is -5.50. The van der Waals surface area contributed by atoms with E-state index in [-0.39, 0.29) is 17.9 Å². The molecular weight excluding hydrogens is 262 g/mol. The first-order valence-electron chi connectivity index (χ1n) is 4.30. The SMILES string of the molecule is FC(F)(F)C(OC1=C(Cl)CCC1)C(F)(F)F. The van der Waals surface area contributed by atoms with Gasteiger partial charge in [0.15, 0.2) is 0 Å². The van der Waals surface area contributed by atoms with E-state index in [1.54, 1.807) is 0 Å². The summed E-state index contributed by atoms with van der Waals surface area (Å²) in [7, 11) is 0. The van der Waals surface area contributed by atoms with Crippen molar-refractivity contribution in [3.63, 3.8) is 0 Å². The van der Waals surface area contributed by atoms with Crippen molar-refractivity contribution in [2.45, 2.75) is 37.7 Å². The van der Waals surface area contributed by atoms with Gasteiger partial charge in [0.2, 0.25) is 0 Å². The van der Waals surface area contributed by atoms with E-state index in [2.05, 4.69) is 4.74 Å². The van der Waals surface area contributed by atoms with Crippen molar-refractivity contribution in [3.05, 3.63) is 10.8 Å². The minimum absolute atomic E-state index is 0.00148. The lowest BCUT2D eigenvalue weighted by Gasteiger charge is -2.24. The lowest BCUT2D eigenvalue weighted by atomic mass is 10.3. The van der Waals surface area contributed by atoms with Gasteiger partial charge in [-0.05, 0) is 12.8 Å². The van der Waals surface area contributed by atoms with Crippen LogP contribution in [0.1, 0.15) is 19.3 Å². The highest BCUT2D eigenvalue weighted by Gasteiger charge is 2.59. The van der Waals surface area contributed by atoms with Gasteiger partial charge >= 0.3 is 12.4 Å². The number of alkyl halides is 6. The monoisotopic (exact) mass is 268 g/mol. The molecule has 0 aromatic rings. The molecule has 0 saturated carbocycles. The molecule has 16 heavy (non-hydrogen) atoms. The molecule has 0 amide bonds. The minimum Gasteiger partial charge on any atom is -0.475 e. The second-order valence-electron chi connectivity index (χ2n) is 3.26. The highest BCUT2D eigenvalue weighted by atomic mass is 35.5. The van der Waals surface area contributed by atoms with E-state index in [1.807, 2.05) is 0 Å². The van der Waals surface area contributed by atoms with Crippen molar-refractivity contribution in [2.75, 3.05) is 0 Å². The van der Waals surface area contributed by atoms with Gasteiger partial charge in [0.1, 0.15) is 5.76 Å². The van der Waals surface area contributed by atoms with Gasteiger partial charge in [-0.1, -0.05) is 11.6 Å². The molecule has 0 aromatic heterocycles. The Labute approximate surface area is 92.0 Å². The molecule has 0 aliphatic heterocycles. The summed E-state index contributed by atoms with van der Waals surface area (Å²) in [6.07, 6.45) is -14.1. The van der Waals surface area contributed by atoms with E-state index in [4.69, 9.17) is 11.6 Å². The van der Waals surface area contributed by atoms with Gasteiger partial charge in [-0.25, -0.2) is 0 Å². The molecule has 94 valence electrons. The van der Waals surface area contributed by atoms with Gasteiger partial charge in [-0.3, -0.25) is 0 Å². The Balaban J connectivity index is 2.84. The molecule has 1 aliphatic carbocycles. The maximum Gasteiger partial charge on any atom is 0.434 e. The van der Waals surface area contributed by atoms with Crippen LogP contribution in [0.25, 0.3) is 0 Å². The number of rotatable bonds is 2. The summed E-state index contributed by atoms with van der Waals surface area (Å²) in [5.41, 5.74) is 0. The molecule has 0 bridgehead atoms. The Bertz CT molecular complexity index is 278. The molecule has 1 nitrogen and oxygen atoms in total. The number of ether oxygens (including phenoxy) is 1. The van der Waals surface area contributed by atoms with Gasteiger partial charge in [0.05, 0.1) is 5.03 Å². The second kappa shape index (κ2) is 4.35. The van der Waals surface area contributed by atoms with Gasteiger partial charge in [-0.2, -0.15) is 26.3 Å². The third kappa shape index (κ3) is 3.20. The highest BCUT2D eigenvalue weighted by molar-refractivity contribution is 6.30. The zero-order valence-corrected chi connectivity index (χ0v) is 8.51. The number of hydrogen-bond acceptors (Lipinski definition) is 1. The highest BCUT2D eigenvalue weighted by Crippen LogP contribution is 2.40. The number of hydrogen-bond donors (Lipinski definition) is 0. The summed E-state index contributed by atoms with van der Waals surface area (Å²) in [6.45, 7) is 0. The zero-order chi connectivity index (χ0) is 12.6. The molecular formula is C8H7ClF6O. The predicted molar refractivity (Wildman–Crippen MR) is 43.7 cm³/mol. The molecule has 0 fully saturated rings. The molecule has 1 aliphatic rings. The van der Waals surface area contributed by atoms with E-state index in [1.165, 1.54) is 0 Å². The first-order chi connectivity index (χ1) is 7.12. The van der Waals surface area contributed by atoms with Crippen LogP contribution in [0.3, 0.4) is 0 Å². The average molecular weight is 269 g/mol. The van der Waals surface area contributed by atoms with Crippen LogP contribution >= 0.6 is 11.6 Å². The summed E-state index contributed by atoms with van der Waals surface area (Å²) in [4.78, 5) is 0. The Morgan fingerprint density at radius 2 is 1.50 bits per heavy atom. The Kier molecular flexibility index (Phi) is 3.66. The summed E-state index contributed by atoms with van der Waals surface area (Å²) >= 11 is 5.44. The van der Waals surface area contributed by atoms with Crippen molar-refractivity contribution >= 4 is 11.6 Å². The number of allylic oxidation sites excluding steroid dienone is 2. The molecule has 0 N–H and O–H groups in total. The fourth-order valence-electron chi connectivity index (χ4n) is 1.26. The largest absolute Gasteiger partial charge is 0.475 e. The van der Waals surface area contributed by atoms with Crippen LogP contribution in [-0.2, 0) is 4.74 Å². The van der Waals surface area contributed by atoms with Gasteiger partial charge in [0, 0.05) is 6.42 Å². The number of halogens is 7. The van der Waals surface area contributed by atoms with Crippen LogP contribution in [-0.4, -0.2) is 18.5 Å². The topological polar surface area (TPSA) is 9.23 Å². The molecule has 1 rings (SSSR count). The van der Waals surface area contributed by atoms with Gasteiger partial charge < -0.3 is 4.74 Å². The fourth-order valence-corrected chi connectivity index (χ4v) is 1.54. The maximum atomic E-state index is 12.1. The summed E-state index contributed by atoms with van der Waals surface area (Å²) in [5, 5.41) is -0.0708. The van der Waals surface area contributed by atoms with Crippen LogP contribution < -0.4 is 0 Å². The summed E-state index contributed by atoms with van der Waals surface area (Å²) < 4.78 is 76.5. The van der Waals surface area contributed by atoms with E-state index >= 15 is 0 Å². The molecule has 0 heterocycles. The van der Waals surface area contributed by atoms with Crippen molar-refractivity contribution in [2.24, 2.45) is 0 Å². The first-order valence-corrected chi connectivity index (χ1v) is 4.68. The molecule has 0 saturated heterocycles. The molecule has 0 atom stereocenters. The third-order valence-electron chi connectivity index (χ3n) is 1.96. The van der Waals surface area contributed by atoms with Crippen LogP contribution in [0.5, 0.6) is 0 Å². The Morgan fingerprint density at radius 3 is 1.81 bits per heavy atom. The maximum absolute atomic E-state index is 12.1. The first kappa shape index (κ1) is 13.5. The van der Waals surface area contributed by atoms with Crippen molar-refractivity contribution < 1.29 is 31.1 Å². The quantitative estimate of drug-likeness (QED) is 0.684. The third-order valence-corrected chi connectivity index (χ3v) is 2.36. The molecule has 0 unspecified atom stereocenters. The van der Waals surface area contributed by atoms with E-state index in [0.29, 0.717) is 6.42 Å². The van der Waals surface area contributed by atoms with E-state index < -0.39 is 24.2 Å². The van der Waals surface area contributed by atoms with Crippen LogP contribution in [0.15, 0.2) is 10.8 Å². The summed E-state index contributed by atoms with van der Waals surface area (Å²) in [6, 6.07) is 0. The van der Waals surface area contributed by atoms with E-state index in [9.17, 15) is 26.3 Å². The van der Waals surface area contributed by atoms with Crippen LogP contribution in [0.2, 0.25) is 0 Å². The zero-order valence-electron chi connectivity index (χ0n) is 7.75. The van der Waals surface area contributed by atoms with Crippen molar-refractivity contribution in [1.29, 1.82) is 0 Å². The van der Waals surface area contributed by atoms with E-state index in [0.717, 1.165) is 0 Å². The van der Waals surface area contributed by atoms with Crippen molar-refractivity contribution in [3.8, 4) is 0 Å². The standard InChI is InChI=1S/C8H7ClF6O/c9-4-2-1-3-5(4)16-6(7(10,11)12)8(13,14)15/h6H,1-3H2. The van der Waals surface area contributed by atoms with Gasteiger partial charge in [-0.15, -0.1) is 0 Å². The molecule has 0 aromatic carbocycles. The fraction of sp³-hybridized carbons (Fsp3) is 0.750. The second-order valence-corrected chi connectivity index (χ2v) is 3.72. The lowest BCUT2D eigenvalue weighted by molar-refractivity contribution is -0.313. The van der Waals surface area contributed by atoms with Crippen molar-refractivity contribution in [1.82, 2.24) is 0 Å². The van der Waals surface area contributed by atoms with Crippen LogP contribution in [0, 0.1) is 0 Å². The Morgan fingerprint density at radius 1 is 1.00 bits per heavy atom. The average Bonchev–Trinajstić information content (AvgIpc) is 2.42. The Hall–Kier alpha value is -0.590. The molecule has 8 heteroatoms. The molecule has 0 radical (unpaired) electrons. The smallest absolute Gasteiger partial charge is 0.434 e. The van der Waals surface area contributed by atoms with Gasteiger partial charge in [0.25, 0.3) is 6.10 Å².